The van der Waals surface area contributed by atoms with Gasteiger partial charge in [-0.15, -0.1) is 0 Å². The number of hydrogen-bond acceptors (Lipinski definition) is 2. The average Bonchev–Trinajstić information content (AvgIpc) is 2.48. The highest BCUT2D eigenvalue weighted by atomic mass is 79.9. The standard InChI is InChI=1S/C16H16BrClN2O/c17-13-10-12(18)7-9-15(13)20-16(21)14(19)8-6-11-4-2-1-3-5-11/h1-5,7,9-10,14H,6,8,19H2,(H,20,21)/t14-/m0/s1. The van der Waals surface area contributed by atoms with E-state index in [0.29, 0.717) is 17.1 Å². The van der Waals surface area contributed by atoms with E-state index in [9.17, 15) is 4.79 Å². The zero-order valence-electron chi connectivity index (χ0n) is 11.4. The highest BCUT2D eigenvalue weighted by Gasteiger charge is 2.14. The molecule has 2 aromatic carbocycles. The number of carbonyl (C=O) groups excluding carboxylic acids is 1. The van der Waals surface area contributed by atoms with Gasteiger partial charge in [0.25, 0.3) is 0 Å². The van der Waals surface area contributed by atoms with Crippen molar-refractivity contribution in [2.24, 2.45) is 5.73 Å². The number of nitrogens with two attached hydrogens (primary N) is 1. The number of nitrogens with one attached hydrogen (secondary N) is 1. The van der Waals surface area contributed by atoms with Crippen molar-refractivity contribution in [1.29, 1.82) is 0 Å². The first kappa shape index (κ1) is 16.0. The fraction of sp³-hybridized carbons (Fsp3) is 0.188. The Hall–Kier alpha value is -1.36. The highest BCUT2D eigenvalue weighted by molar-refractivity contribution is 9.10. The molecule has 110 valence electrons. The smallest absolute Gasteiger partial charge is 0.241 e. The lowest BCUT2D eigenvalue weighted by Crippen LogP contribution is -2.36. The Bertz CT molecular complexity index is 619. The molecule has 2 aromatic rings. The van der Waals surface area contributed by atoms with Crippen molar-refractivity contribution >= 4 is 39.1 Å². The Morgan fingerprint density at radius 3 is 2.62 bits per heavy atom. The molecule has 0 aliphatic carbocycles. The number of rotatable bonds is 5. The maximum Gasteiger partial charge on any atom is 0.241 e. The summed E-state index contributed by atoms with van der Waals surface area (Å²) in [6.45, 7) is 0. The summed E-state index contributed by atoms with van der Waals surface area (Å²) in [7, 11) is 0. The van der Waals surface area contributed by atoms with Crippen molar-refractivity contribution in [2.45, 2.75) is 18.9 Å². The molecule has 21 heavy (non-hydrogen) atoms. The largest absolute Gasteiger partial charge is 0.324 e. The van der Waals surface area contributed by atoms with Gasteiger partial charge in [-0.25, -0.2) is 0 Å². The van der Waals surface area contributed by atoms with Crippen LogP contribution in [-0.2, 0) is 11.2 Å². The van der Waals surface area contributed by atoms with Gasteiger partial charge in [0, 0.05) is 9.50 Å². The van der Waals surface area contributed by atoms with Crippen LogP contribution in [0.25, 0.3) is 0 Å². The van der Waals surface area contributed by atoms with Gasteiger partial charge in [-0.1, -0.05) is 41.9 Å². The molecule has 0 bridgehead atoms. The Morgan fingerprint density at radius 1 is 1.24 bits per heavy atom. The van der Waals surface area contributed by atoms with Crippen molar-refractivity contribution in [3.05, 3.63) is 63.6 Å². The Morgan fingerprint density at radius 2 is 1.95 bits per heavy atom. The molecule has 1 atom stereocenters. The Balaban J connectivity index is 1.90. The quantitative estimate of drug-likeness (QED) is 0.839. The second-order valence-electron chi connectivity index (χ2n) is 4.74. The van der Waals surface area contributed by atoms with Crippen molar-refractivity contribution in [2.75, 3.05) is 5.32 Å². The predicted molar refractivity (Wildman–Crippen MR) is 90.5 cm³/mol. The van der Waals surface area contributed by atoms with Crippen LogP contribution in [0.2, 0.25) is 5.02 Å². The van der Waals surface area contributed by atoms with Crippen molar-refractivity contribution in [3.8, 4) is 0 Å². The lowest BCUT2D eigenvalue weighted by atomic mass is 10.1. The van der Waals surface area contributed by atoms with E-state index in [0.717, 1.165) is 10.9 Å². The summed E-state index contributed by atoms with van der Waals surface area (Å²) >= 11 is 9.23. The minimum atomic E-state index is -0.548. The van der Waals surface area contributed by atoms with Gasteiger partial charge in [-0.05, 0) is 52.5 Å². The van der Waals surface area contributed by atoms with Crippen molar-refractivity contribution < 1.29 is 4.79 Å². The van der Waals surface area contributed by atoms with Gasteiger partial charge in [-0.3, -0.25) is 4.79 Å². The average molecular weight is 368 g/mol. The molecule has 0 heterocycles. The fourth-order valence-electron chi connectivity index (χ4n) is 1.91. The summed E-state index contributed by atoms with van der Waals surface area (Å²) in [5.74, 6) is -0.200. The Kier molecular flexibility index (Phi) is 5.79. The van der Waals surface area contributed by atoms with Gasteiger partial charge >= 0.3 is 0 Å². The van der Waals surface area contributed by atoms with E-state index in [1.54, 1.807) is 18.2 Å². The SMILES string of the molecule is N[C@@H](CCc1ccccc1)C(=O)Nc1ccc(Cl)cc1Br. The maximum atomic E-state index is 12.1. The highest BCUT2D eigenvalue weighted by Crippen LogP contribution is 2.26. The van der Waals surface area contributed by atoms with E-state index in [4.69, 9.17) is 17.3 Å². The van der Waals surface area contributed by atoms with Crippen LogP contribution in [0.5, 0.6) is 0 Å². The molecule has 0 unspecified atom stereocenters. The molecular formula is C16H16BrClN2O. The minimum absolute atomic E-state index is 0.200. The summed E-state index contributed by atoms with van der Waals surface area (Å²) < 4.78 is 0.735. The fourth-order valence-corrected chi connectivity index (χ4v) is 2.70. The number of benzene rings is 2. The van der Waals surface area contributed by atoms with Gasteiger partial charge in [0.2, 0.25) is 5.91 Å². The first-order valence-electron chi connectivity index (χ1n) is 6.61. The predicted octanol–water partition coefficient (Wildman–Crippen LogP) is 4.00. The maximum absolute atomic E-state index is 12.1. The van der Waals surface area contributed by atoms with Crippen LogP contribution in [0.1, 0.15) is 12.0 Å². The number of halogens is 2. The van der Waals surface area contributed by atoms with Crippen molar-refractivity contribution in [1.82, 2.24) is 0 Å². The molecule has 3 N–H and O–H groups in total. The number of amides is 1. The third-order valence-corrected chi connectivity index (χ3v) is 4.00. The minimum Gasteiger partial charge on any atom is -0.324 e. The van der Waals surface area contributed by atoms with E-state index in [2.05, 4.69) is 21.2 Å². The van der Waals surface area contributed by atoms with Crippen LogP contribution < -0.4 is 11.1 Å². The molecular weight excluding hydrogens is 352 g/mol. The molecule has 0 radical (unpaired) electrons. The first-order valence-corrected chi connectivity index (χ1v) is 7.79. The normalized spacial score (nSPS) is 12.0. The van der Waals surface area contributed by atoms with Crippen LogP contribution in [0.3, 0.4) is 0 Å². The van der Waals surface area contributed by atoms with Crippen molar-refractivity contribution in [3.63, 3.8) is 0 Å². The summed E-state index contributed by atoms with van der Waals surface area (Å²) in [4.78, 5) is 12.1. The number of anilines is 1. The molecule has 0 spiro atoms. The number of aryl methyl sites for hydroxylation is 1. The summed E-state index contributed by atoms with van der Waals surface area (Å²) in [6.07, 6.45) is 1.37. The molecule has 0 aliphatic rings. The summed E-state index contributed by atoms with van der Waals surface area (Å²) in [5, 5.41) is 3.41. The molecule has 0 fully saturated rings. The lowest BCUT2D eigenvalue weighted by Gasteiger charge is -2.13. The van der Waals surface area contributed by atoms with Gasteiger partial charge in [0.05, 0.1) is 11.7 Å². The second kappa shape index (κ2) is 7.59. The molecule has 3 nitrogen and oxygen atoms in total. The van der Waals surface area contributed by atoms with Crippen LogP contribution in [0.4, 0.5) is 5.69 Å². The van der Waals surface area contributed by atoms with Gasteiger partial charge < -0.3 is 11.1 Å². The zero-order valence-corrected chi connectivity index (χ0v) is 13.7. The monoisotopic (exact) mass is 366 g/mol. The molecule has 0 aromatic heterocycles. The first-order chi connectivity index (χ1) is 10.1. The summed E-state index contributed by atoms with van der Waals surface area (Å²) in [5.41, 5.74) is 7.78. The third-order valence-electron chi connectivity index (χ3n) is 3.11. The van der Waals surface area contributed by atoms with Crippen LogP contribution in [0, 0.1) is 0 Å². The lowest BCUT2D eigenvalue weighted by molar-refractivity contribution is -0.117. The van der Waals surface area contributed by atoms with E-state index in [1.165, 1.54) is 5.56 Å². The van der Waals surface area contributed by atoms with Gasteiger partial charge in [0.1, 0.15) is 0 Å². The van der Waals surface area contributed by atoms with Crippen LogP contribution >= 0.6 is 27.5 Å². The van der Waals surface area contributed by atoms with E-state index >= 15 is 0 Å². The number of hydrogen-bond donors (Lipinski definition) is 2. The molecule has 0 saturated carbocycles. The number of carbonyl (C=O) groups is 1. The van der Waals surface area contributed by atoms with Crippen LogP contribution in [0.15, 0.2) is 53.0 Å². The second-order valence-corrected chi connectivity index (χ2v) is 6.03. The topological polar surface area (TPSA) is 55.1 Å². The molecule has 2 rings (SSSR count). The third kappa shape index (κ3) is 4.84. The molecule has 0 saturated heterocycles. The molecule has 5 heteroatoms. The Labute approximate surface area is 137 Å². The van der Waals surface area contributed by atoms with E-state index in [1.807, 2.05) is 30.3 Å². The van der Waals surface area contributed by atoms with Crippen LogP contribution in [-0.4, -0.2) is 11.9 Å². The van der Waals surface area contributed by atoms with E-state index in [-0.39, 0.29) is 5.91 Å². The zero-order chi connectivity index (χ0) is 15.2. The van der Waals surface area contributed by atoms with Gasteiger partial charge in [0.15, 0.2) is 0 Å². The molecule has 0 aliphatic heterocycles. The van der Waals surface area contributed by atoms with E-state index < -0.39 is 6.04 Å². The summed E-state index contributed by atoms with van der Waals surface area (Å²) in [6, 6.07) is 14.6. The molecule has 1 amide bonds. The van der Waals surface area contributed by atoms with Gasteiger partial charge in [-0.2, -0.15) is 0 Å².